The van der Waals surface area contributed by atoms with Crippen LogP contribution in [0, 0.1) is 5.92 Å². The molecule has 3 atom stereocenters. The fourth-order valence-corrected chi connectivity index (χ4v) is 7.53. The molecule has 0 unspecified atom stereocenters. The van der Waals surface area contributed by atoms with Crippen LogP contribution in [0.4, 0.5) is 0 Å². The third-order valence-corrected chi connectivity index (χ3v) is 9.85. The number of carbonyl (C=O) groups excluding carboxylic acids is 2. The van der Waals surface area contributed by atoms with Gasteiger partial charge in [0.05, 0.1) is 24.1 Å². The molecule has 3 aromatic carbocycles. The molecule has 11 heteroatoms. The Morgan fingerprint density at radius 3 is 2.17 bits per heavy atom. The van der Waals surface area contributed by atoms with Crippen molar-refractivity contribution >= 4 is 61.0 Å². The van der Waals surface area contributed by atoms with E-state index in [2.05, 4.69) is 21.2 Å². The summed E-state index contributed by atoms with van der Waals surface area (Å²) in [4.78, 5) is 26.6. The van der Waals surface area contributed by atoms with Gasteiger partial charge in [-0.2, -0.15) is 4.31 Å². The first-order valence-electron chi connectivity index (χ1n) is 13.3. The summed E-state index contributed by atoms with van der Waals surface area (Å²) >= 11 is 16.1. The van der Waals surface area contributed by atoms with Crippen molar-refractivity contribution in [2.75, 3.05) is 7.11 Å². The number of hydrogen-bond acceptors (Lipinski definition) is 5. The Kier molecular flexibility index (Phi) is 10.5. The number of ether oxygens (including phenoxy) is 1. The topological polar surface area (TPSA) is 92.8 Å². The predicted molar refractivity (Wildman–Crippen MR) is 168 cm³/mol. The molecule has 1 aliphatic heterocycles. The fraction of sp³-hybridized carbons (Fsp3) is 0.290. The van der Waals surface area contributed by atoms with Crippen LogP contribution in [0.1, 0.15) is 49.9 Å². The van der Waals surface area contributed by atoms with Gasteiger partial charge in [0.2, 0.25) is 15.9 Å². The van der Waals surface area contributed by atoms with Crippen LogP contribution in [-0.2, 0) is 24.3 Å². The summed E-state index contributed by atoms with van der Waals surface area (Å²) in [5, 5.41) is 3.64. The first kappa shape index (κ1) is 32.2. The number of methoxy groups -OCH3 is 1. The maximum absolute atomic E-state index is 14.5. The number of sulfonamides is 1. The van der Waals surface area contributed by atoms with Crippen LogP contribution in [0.15, 0.2) is 93.8 Å². The average Bonchev–Trinajstić information content (AvgIpc) is 2.95. The largest absolute Gasteiger partial charge is 0.467 e. The smallest absolute Gasteiger partial charge is 0.328 e. The molecular formula is C31H31BrCl2N2O5S. The van der Waals surface area contributed by atoms with Gasteiger partial charge in [-0.15, -0.1) is 0 Å². The molecule has 1 N–H and O–H groups in total. The van der Waals surface area contributed by atoms with Crippen molar-refractivity contribution < 1.29 is 22.7 Å². The van der Waals surface area contributed by atoms with Gasteiger partial charge in [0.15, 0.2) is 0 Å². The van der Waals surface area contributed by atoms with E-state index >= 15 is 0 Å². The first-order chi connectivity index (χ1) is 19.9. The molecule has 0 saturated heterocycles. The van der Waals surface area contributed by atoms with Crippen LogP contribution in [0.2, 0.25) is 10.0 Å². The maximum atomic E-state index is 14.5. The zero-order valence-corrected chi connectivity index (χ0v) is 27.2. The molecule has 3 aromatic rings. The molecule has 1 amide bonds. The summed E-state index contributed by atoms with van der Waals surface area (Å²) < 4.78 is 36.1. The number of nitrogens with one attached hydrogen (secondary N) is 1. The van der Waals surface area contributed by atoms with E-state index in [1.165, 1.54) is 23.5 Å². The van der Waals surface area contributed by atoms with Gasteiger partial charge in [0.25, 0.3) is 0 Å². The number of carbonyl (C=O) groups is 2. The van der Waals surface area contributed by atoms with Crippen LogP contribution in [-0.4, -0.2) is 37.8 Å². The fourth-order valence-electron chi connectivity index (χ4n) is 5.09. The number of benzene rings is 3. The monoisotopic (exact) mass is 692 g/mol. The van der Waals surface area contributed by atoms with Crippen molar-refractivity contribution in [1.29, 1.82) is 0 Å². The Hall–Kier alpha value is -2.69. The third-order valence-electron chi connectivity index (χ3n) is 6.96. The van der Waals surface area contributed by atoms with Crippen molar-refractivity contribution in [3.63, 3.8) is 0 Å². The quantitative estimate of drug-likeness (QED) is 0.238. The lowest BCUT2D eigenvalue weighted by molar-refractivity contribution is -0.145. The molecule has 7 nitrogen and oxygen atoms in total. The Morgan fingerprint density at radius 2 is 1.60 bits per heavy atom. The molecule has 0 radical (unpaired) electrons. The lowest BCUT2D eigenvalue weighted by Crippen LogP contribution is -2.48. The number of halogens is 3. The van der Waals surface area contributed by atoms with Crippen LogP contribution in [0.5, 0.6) is 0 Å². The highest BCUT2D eigenvalue weighted by Crippen LogP contribution is 2.46. The van der Waals surface area contributed by atoms with Gasteiger partial charge in [0, 0.05) is 20.1 Å². The van der Waals surface area contributed by atoms with Crippen molar-refractivity contribution in [2.45, 2.75) is 49.7 Å². The summed E-state index contributed by atoms with van der Waals surface area (Å²) in [6, 6.07) is 17.4. The van der Waals surface area contributed by atoms with Crippen LogP contribution < -0.4 is 5.32 Å². The lowest BCUT2D eigenvalue weighted by atomic mass is 9.88. The van der Waals surface area contributed by atoms with E-state index in [1.54, 1.807) is 60.7 Å². The van der Waals surface area contributed by atoms with E-state index in [0.717, 1.165) is 4.47 Å². The lowest BCUT2D eigenvalue weighted by Gasteiger charge is -2.41. The van der Waals surface area contributed by atoms with Crippen molar-refractivity contribution in [3.8, 4) is 0 Å². The highest BCUT2D eigenvalue weighted by atomic mass is 79.9. The minimum absolute atomic E-state index is 0.0543. The second-order valence-electron chi connectivity index (χ2n) is 10.4. The number of esters is 1. The highest BCUT2D eigenvalue weighted by molar-refractivity contribution is 9.10. The minimum Gasteiger partial charge on any atom is -0.467 e. The molecular weight excluding hydrogens is 663 g/mol. The molecule has 0 aromatic heterocycles. The highest BCUT2D eigenvalue weighted by Gasteiger charge is 2.45. The van der Waals surface area contributed by atoms with E-state index in [1.807, 2.05) is 19.9 Å². The molecule has 0 saturated carbocycles. The Morgan fingerprint density at radius 1 is 1.00 bits per heavy atom. The van der Waals surface area contributed by atoms with E-state index in [-0.39, 0.29) is 22.8 Å². The number of nitrogens with zero attached hydrogens (tertiary/aromatic N) is 1. The first-order valence-corrected chi connectivity index (χ1v) is 16.3. The molecule has 0 aliphatic carbocycles. The third kappa shape index (κ3) is 7.26. The summed E-state index contributed by atoms with van der Waals surface area (Å²) in [5.74, 6) is -1.07. The minimum atomic E-state index is -4.22. The standard InChI is InChI=1S/C31H31BrCl2N2O5S/c1-19(2)16-27(31(38)41-3)35-30(37)26-14-15-28(20-6-4-8-23(33)17-20)36(29(26)21-7-5-9-24(34)18-21)42(39,40)25-12-10-22(32)11-13-25/h4-14,17-19,27-29H,15-16H2,1-3H3,(H,35,37)/t27-,28-,29-/m0/s1. The molecule has 222 valence electrons. The molecule has 1 aliphatic rings. The zero-order valence-electron chi connectivity index (χ0n) is 23.3. The van der Waals surface area contributed by atoms with Crippen molar-refractivity contribution in [1.82, 2.24) is 9.62 Å². The molecule has 1 heterocycles. The van der Waals surface area contributed by atoms with Gasteiger partial charge < -0.3 is 10.1 Å². The summed E-state index contributed by atoms with van der Waals surface area (Å²) in [7, 11) is -2.96. The van der Waals surface area contributed by atoms with Gasteiger partial charge in [-0.3, -0.25) is 4.79 Å². The molecule has 0 bridgehead atoms. The average molecular weight is 694 g/mol. The molecule has 42 heavy (non-hydrogen) atoms. The zero-order chi connectivity index (χ0) is 30.6. The van der Waals surface area contributed by atoms with Crippen LogP contribution >= 0.6 is 39.1 Å². The van der Waals surface area contributed by atoms with E-state index in [9.17, 15) is 18.0 Å². The normalized spacial score (nSPS) is 18.3. The summed E-state index contributed by atoms with van der Waals surface area (Å²) in [6.07, 6.45) is 2.26. The molecule has 0 spiro atoms. The number of hydrogen-bond donors (Lipinski definition) is 1. The van der Waals surface area contributed by atoms with Gasteiger partial charge in [0.1, 0.15) is 6.04 Å². The maximum Gasteiger partial charge on any atom is 0.328 e. The molecule has 0 fully saturated rings. The van der Waals surface area contributed by atoms with Gasteiger partial charge in [-0.05, 0) is 78.4 Å². The number of rotatable bonds is 9. The van der Waals surface area contributed by atoms with E-state index in [0.29, 0.717) is 27.6 Å². The van der Waals surface area contributed by atoms with Crippen LogP contribution in [0.3, 0.4) is 0 Å². The van der Waals surface area contributed by atoms with E-state index < -0.39 is 40.0 Å². The van der Waals surface area contributed by atoms with Crippen LogP contribution in [0.25, 0.3) is 0 Å². The SMILES string of the molecule is COC(=O)[C@H](CC(C)C)NC(=O)C1=CC[C@@H](c2cccc(Cl)c2)N(S(=O)(=O)c2ccc(Br)cc2)[C@H]1c1cccc(Cl)c1. The Balaban J connectivity index is 1.92. The summed E-state index contributed by atoms with van der Waals surface area (Å²) in [6.45, 7) is 3.86. The van der Waals surface area contributed by atoms with Crippen molar-refractivity contribution in [3.05, 3.63) is 110 Å². The Bertz CT molecular complexity index is 1590. The van der Waals surface area contributed by atoms with Gasteiger partial charge in [-0.25, -0.2) is 13.2 Å². The number of amides is 1. The summed E-state index contributed by atoms with van der Waals surface area (Å²) in [5.41, 5.74) is 1.34. The van der Waals surface area contributed by atoms with Crippen molar-refractivity contribution in [2.24, 2.45) is 5.92 Å². The Labute approximate surface area is 265 Å². The van der Waals surface area contributed by atoms with Gasteiger partial charge >= 0.3 is 5.97 Å². The second-order valence-corrected chi connectivity index (χ2v) is 14.0. The molecule has 4 rings (SSSR count). The second kappa shape index (κ2) is 13.7. The predicted octanol–water partition coefficient (Wildman–Crippen LogP) is 7.26. The van der Waals surface area contributed by atoms with Gasteiger partial charge in [-0.1, -0.05) is 83.3 Å². The van der Waals surface area contributed by atoms with E-state index in [4.69, 9.17) is 27.9 Å².